The minimum atomic E-state index is -1.68. The number of rotatable bonds is 10. The number of esters is 3. The van der Waals surface area contributed by atoms with Gasteiger partial charge < -0.3 is 33.9 Å². The van der Waals surface area contributed by atoms with E-state index in [1.165, 1.54) is 6.26 Å². The summed E-state index contributed by atoms with van der Waals surface area (Å²) in [6, 6.07) is 0. The first-order valence-corrected chi connectivity index (χ1v) is 12.2. The fourth-order valence-electron chi connectivity index (χ4n) is 4.75. The van der Waals surface area contributed by atoms with Gasteiger partial charge in [-0.2, -0.15) is 0 Å². The van der Waals surface area contributed by atoms with Crippen LogP contribution in [0.5, 0.6) is 0 Å². The van der Waals surface area contributed by atoms with Crippen molar-refractivity contribution < 1.29 is 48.3 Å². The van der Waals surface area contributed by atoms with Crippen molar-refractivity contribution in [2.75, 3.05) is 13.2 Å². The molecule has 1 saturated carbocycles. The van der Waals surface area contributed by atoms with Crippen LogP contribution in [-0.4, -0.2) is 71.0 Å². The molecule has 3 aliphatic rings. The van der Waals surface area contributed by atoms with Crippen LogP contribution in [0.15, 0.2) is 11.8 Å². The Morgan fingerprint density at radius 2 is 1.69 bits per heavy atom. The molecule has 0 bridgehead atoms. The molecule has 10 heteroatoms. The predicted octanol–water partition coefficient (Wildman–Crippen LogP) is 1.85. The third-order valence-electron chi connectivity index (χ3n) is 6.62. The van der Waals surface area contributed by atoms with E-state index in [2.05, 4.69) is 0 Å². The molecule has 0 aromatic rings. The number of carbonyl (C=O) groups is 3. The van der Waals surface area contributed by atoms with Crippen LogP contribution in [0.1, 0.15) is 60.8 Å². The summed E-state index contributed by atoms with van der Waals surface area (Å²) in [6.45, 7) is 10.8. The van der Waals surface area contributed by atoms with E-state index in [0.717, 1.165) is 0 Å². The van der Waals surface area contributed by atoms with Crippen LogP contribution in [-0.2, 0) is 38.1 Å². The summed E-state index contributed by atoms with van der Waals surface area (Å²) in [7, 11) is 0. The lowest BCUT2D eigenvalue weighted by molar-refractivity contribution is -0.208. The molecule has 6 atom stereocenters. The molecule has 1 spiro atoms. The van der Waals surface area contributed by atoms with E-state index in [1.807, 2.05) is 27.7 Å². The Morgan fingerprint density at radius 3 is 2.23 bits per heavy atom. The van der Waals surface area contributed by atoms with E-state index in [0.29, 0.717) is 0 Å². The number of hydrogen-bond acceptors (Lipinski definition) is 10. The number of ether oxygens (including phenoxy) is 5. The number of aliphatic hydroxyl groups excluding tert-OH is 1. The molecule has 35 heavy (non-hydrogen) atoms. The second-order valence-corrected chi connectivity index (χ2v) is 11.0. The Kier molecular flexibility index (Phi) is 8.18. The van der Waals surface area contributed by atoms with Crippen molar-refractivity contribution in [1.29, 1.82) is 0 Å². The Morgan fingerprint density at radius 1 is 1.09 bits per heavy atom. The quantitative estimate of drug-likeness (QED) is 0.260. The maximum atomic E-state index is 12.8. The number of fused-ring (bicyclic) bond motifs is 2. The Balaban J connectivity index is 1.73. The van der Waals surface area contributed by atoms with Crippen molar-refractivity contribution in [3.63, 3.8) is 0 Å². The predicted molar refractivity (Wildman–Crippen MR) is 121 cm³/mol. The first-order valence-electron chi connectivity index (χ1n) is 12.2. The molecule has 3 rings (SSSR count). The zero-order valence-electron chi connectivity index (χ0n) is 21.3. The van der Waals surface area contributed by atoms with Crippen LogP contribution >= 0.6 is 0 Å². The molecule has 2 N–H and O–H groups in total. The smallest absolute Gasteiger partial charge is 0.348 e. The monoisotopic (exact) mass is 498 g/mol. The van der Waals surface area contributed by atoms with Gasteiger partial charge in [-0.25, -0.2) is 4.79 Å². The summed E-state index contributed by atoms with van der Waals surface area (Å²) >= 11 is 0. The van der Waals surface area contributed by atoms with E-state index in [9.17, 15) is 24.6 Å². The zero-order chi connectivity index (χ0) is 26.1. The van der Waals surface area contributed by atoms with Gasteiger partial charge in [-0.1, -0.05) is 41.5 Å². The number of hydrogen-bond donors (Lipinski definition) is 2. The van der Waals surface area contributed by atoms with Gasteiger partial charge in [0.15, 0.2) is 0 Å². The summed E-state index contributed by atoms with van der Waals surface area (Å²) < 4.78 is 27.5. The first-order chi connectivity index (χ1) is 16.3. The van der Waals surface area contributed by atoms with E-state index < -0.39 is 53.5 Å². The molecule has 2 fully saturated rings. The maximum absolute atomic E-state index is 12.8. The van der Waals surface area contributed by atoms with Crippen LogP contribution in [0.25, 0.3) is 0 Å². The SMILES string of the molecule is CC(C)CC(=O)O[C@@H]1OC=C(COC(=O)[C@H](OC(=O)CC(C)C)C(C)C)[C@@]2(O)C[C@H](O)[C@]3(CO3)[C@@H]12. The molecular weight excluding hydrogens is 460 g/mol. The summed E-state index contributed by atoms with van der Waals surface area (Å²) in [5.41, 5.74) is -2.58. The van der Waals surface area contributed by atoms with Gasteiger partial charge in [-0.3, -0.25) is 9.59 Å². The fourth-order valence-corrected chi connectivity index (χ4v) is 4.75. The standard InChI is InChI=1S/C25H38O10/c1-13(2)7-18(27)34-20(15(5)6)22(29)31-10-16-11-32-23(35-19(28)8-14(3)4)21-24(16,30)9-17(26)25(21)12-33-25/h11,13-15,17,20-21,23,26,30H,7-10,12H2,1-6H3/t17-,20+,21-,23-,24-,25+/m0/s1. The largest absolute Gasteiger partial charge is 0.462 e. The van der Waals surface area contributed by atoms with Gasteiger partial charge in [0, 0.05) is 30.8 Å². The molecule has 1 aliphatic carbocycles. The summed E-state index contributed by atoms with van der Waals surface area (Å²) in [5, 5.41) is 22.3. The van der Waals surface area contributed by atoms with Crippen molar-refractivity contribution >= 4 is 17.9 Å². The minimum absolute atomic E-state index is 0.0688. The molecule has 0 aromatic carbocycles. The molecular formula is C25H38O10. The maximum Gasteiger partial charge on any atom is 0.348 e. The molecule has 0 aromatic heterocycles. The number of aliphatic hydroxyl groups is 2. The van der Waals surface area contributed by atoms with Crippen molar-refractivity contribution in [2.45, 2.75) is 90.5 Å². The molecule has 2 aliphatic heterocycles. The van der Waals surface area contributed by atoms with Gasteiger partial charge in [-0.05, 0) is 11.8 Å². The Hall–Kier alpha value is -2.17. The molecule has 0 amide bonds. The molecule has 1 saturated heterocycles. The fraction of sp³-hybridized carbons (Fsp3) is 0.800. The van der Waals surface area contributed by atoms with Gasteiger partial charge in [0.1, 0.15) is 17.8 Å². The molecule has 10 nitrogen and oxygen atoms in total. The van der Waals surface area contributed by atoms with Crippen LogP contribution in [0, 0.1) is 23.7 Å². The highest BCUT2D eigenvalue weighted by Crippen LogP contribution is 2.58. The van der Waals surface area contributed by atoms with Gasteiger partial charge in [-0.15, -0.1) is 0 Å². The molecule has 0 radical (unpaired) electrons. The topological polar surface area (TPSA) is 141 Å². The van der Waals surface area contributed by atoms with Crippen molar-refractivity contribution in [3.05, 3.63) is 11.8 Å². The van der Waals surface area contributed by atoms with Crippen LogP contribution in [0.2, 0.25) is 0 Å². The number of epoxide rings is 1. The summed E-state index contributed by atoms with van der Waals surface area (Å²) in [4.78, 5) is 37.2. The van der Waals surface area contributed by atoms with Crippen molar-refractivity contribution in [3.8, 4) is 0 Å². The highest BCUT2D eigenvalue weighted by Gasteiger charge is 2.75. The highest BCUT2D eigenvalue weighted by molar-refractivity contribution is 5.79. The van der Waals surface area contributed by atoms with E-state index >= 15 is 0 Å². The molecule has 198 valence electrons. The van der Waals surface area contributed by atoms with Gasteiger partial charge in [0.05, 0.1) is 24.9 Å². The van der Waals surface area contributed by atoms with Crippen LogP contribution in [0.4, 0.5) is 0 Å². The van der Waals surface area contributed by atoms with Gasteiger partial charge in [0.2, 0.25) is 6.10 Å². The third kappa shape index (κ3) is 5.81. The summed E-state index contributed by atoms with van der Waals surface area (Å²) in [5.74, 6) is -2.81. The average Bonchev–Trinajstić information content (AvgIpc) is 3.46. The van der Waals surface area contributed by atoms with Gasteiger partial charge in [0.25, 0.3) is 6.29 Å². The highest BCUT2D eigenvalue weighted by atomic mass is 16.7. The van der Waals surface area contributed by atoms with Crippen LogP contribution < -0.4 is 0 Å². The van der Waals surface area contributed by atoms with Crippen molar-refractivity contribution in [2.24, 2.45) is 23.7 Å². The third-order valence-corrected chi connectivity index (χ3v) is 6.62. The van der Waals surface area contributed by atoms with Gasteiger partial charge >= 0.3 is 17.9 Å². The van der Waals surface area contributed by atoms with Crippen LogP contribution in [0.3, 0.4) is 0 Å². The lowest BCUT2D eigenvalue weighted by Crippen LogP contribution is -2.53. The van der Waals surface area contributed by atoms with E-state index in [1.54, 1.807) is 13.8 Å². The zero-order valence-corrected chi connectivity index (χ0v) is 21.3. The van der Waals surface area contributed by atoms with Crippen molar-refractivity contribution in [1.82, 2.24) is 0 Å². The normalized spacial score (nSPS) is 32.2. The Labute approximate surface area is 205 Å². The second-order valence-electron chi connectivity index (χ2n) is 11.0. The minimum Gasteiger partial charge on any atom is -0.462 e. The molecule has 0 unspecified atom stereocenters. The lowest BCUT2D eigenvalue weighted by atomic mass is 9.79. The summed E-state index contributed by atoms with van der Waals surface area (Å²) in [6.07, 6.45) is -1.83. The molecule has 2 heterocycles. The lowest BCUT2D eigenvalue weighted by Gasteiger charge is -2.40. The van der Waals surface area contributed by atoms with E-state index in [-0.39, 0.29) is 55.8 Å². The van der Waals surface area contributed by atoms with E-state index in [4.69, 9.17) is 23.7 Å². The second kappa shape index (κ2) is 10.4. The Bertz CT molecular complexity index is 843. The number of carbonyl (C=O) groups excluding carboxylic acids is 3. The average molecular weight is 499 g/mol. The first kappa shape index (κ1) is 27.4.